The highest BCUT2D eigenvalue weighted by molar-refractivity contribution is 6.34. The van der Waals surface area contributed by atoms with E-state index in [0.29, 0.717) is 23.8 Å². The second-order valence-electron chi connectivity index (χ2n) is 8.49. The van der Waals surface area contributed by atoms with Gasteiger partial charge < -0.3 is 25.8 Å². The Morgan fingerprint density at radius 3 is 2.42 bits per heavy atom. The zero-order chi connectivity index (χ0) is 25.7. The number of carbonyl (C=O) groups is 3. The summed E-state index contributed by atoms with van der Waals surface area (Å²) in [5.41, 5.74) is 1.12. The quantitative estimate of drug-likeness (QED) is 0.366. The summed E-state index contributed by atoms with van der Waals surface area (Å²) < 4.78 is 13.2. The van der Waals surface area contributed by atoms with Gasteiger partial charge in [0.25, 0.3) is 17.7 Å². The maximum Gasteiger partial charge on any atom is 0.274 e. The standard InChI is InChI=1S/C25H26ClFN6O3/c1-2-33-10-9-15(13-33)12-28-24(35)21-22(30-14-29-21)25(36)32-18-6-4-17(5-7-18)31-23(34)19-8-3-16(27)11-20(19)26/h3-8,11,14-15H,2,9-10,12-13H2,1H3,(H,28,35)(H,29,30)(H,31,34)(H,32,36). The lowest BCUT2D eigenvalue weighted by molar-refractivity contribution is 0.0929. The maximum absolute atomic E-state index is 13.2. The van der Waals surface area contributed by atoms with Crippen LogP contribution >= 0.6 is 11.6 Å². The lowest BCUT2D eigenvalue weighted by atomic mass is 10.1. The molecule has 9 nitrogen and oxygen atoms in total. The van der Waals surface area contributed by atoms with Crippen LogP contribution in [0, 0.1) is 11.7 Å². The normalized spacial score (nSPS) is 15.5. The van der Waals surface area contributed by atoms with Crippen LogP contribution in [-0.2, 0) is 0 Å². The van der Waals surface area contributed by atoms with Gasteiger partial charge in [0, 0.05) is 24.5 Å². The molecule has 11 heteroatoms. The zero-order valence-electron chi connectivity index (χ0n) is 19.6. The van der Waals surface area contributed by atoms with Gasteiger partial charge in [-0.15, -0.1) is 0 Å². The minimum atomic E-state index is -0.535. The van der Waals surface area contributed by atoms with Gasteiger partial charge in [-0.3, -0.25) is 14.4 Å². The molecule has 1 unspecified atom stereocenters. The number of hydrogen-bond acceptors (Lipinski definition) is 5. The first-order chi connectivity index (χ1) is 17.3. The van der Waals surface area contributed by atoms with Gasteiger partial charge in [-0.2, -0.15) is 0 Å². The summed E-state index contributed by atoms with van der Waals surface area (Å²) in [6.07, 6.45) is 2.33. The first kappa shape index (κ1) is 25.3. The molecule has 0 radical (unpaired) electrons. The number of imidazole rings is 1. The average Bonchev–Trinajstić information content (AvgIpc) is 3.53. The highest BCUT2D eigenvalue weighted by atomic mass is 35.5. The molecule has 1 aliphatic heterocycles. The molecule has 1 fully saturated rings. The van der Waals surface area contributed by atoms with Crippen molar-refractivity contribution in [1.82, 2.24) is 20.2 Å². The van der Waals surface area contributed by atoms with Crippen molar-refractivity contribution in [3.8, 4) is 0 Å². The van der Waals surface area contributed by atoms with E-state index in [4.69, 9.17) is 11.6 Å². The van der Waals surface area contributed by atoms with E-state index in [1.807, 2.05) is 0 Å². The molecule has 0 aliphatic carbocycles. The van der Waals surface area contributed by atoms with Crippen molar-refractivity contribution in [1.29, 1.82) is 0 Å². The van der Waals surface area contributed by atoms with Crippen molar-refractivity contribution >= 4 is 40.7 Å². The molecule has 0 bridgehead atoms. The second-order valence-corrected chi connectivity index (χ2v) is 8.90. The van der Waals surface area contributed by atoms with Gasteiger partial charge in [0.15, 0.2) is 5.69 Å². The van der Waals surface area contributed by atoms with Crippen LogP contribution in [0.4, 0.5) is 15.8 Å². The van der Waals surface area contributed by atoms with Crippen LogP contribution in [0.25, 0.3) is 0 Å². The molecule has 2 heterocycles. The van der Waals surface area contributed by atoms with Gasteiger partial charge in [-0.25, -0.2) is 9.37 Å². The van der Waals surface area contributed by atoms with Gasteiger partial charge in [0.1, 0.15) is 11.5 Å². The van der Waals surface area contributed by atoms with E-state index in [0.717, 1.165) is 38.2 Å². The van der Waals surface area contributed by atoms with E-state index in [1.165, 1.54) is 12.4 Å². The van der Waals surface area contributed by atoms with Crippen LogP contribution in [0.3, 0.4) is 0 Å². The number of nitrogens with zero attached hydrogens (tertiary/aromatic N) is 2. The molecule has 1 atom stereocenters. The van der Waals surface area contributed by atoms with Gasteiger partial charge in [-0.05, 0) is 67.9 Å². The van der Waals surface area contributed by atoms with E-state index in [2.05, 4.69) is 37.7 Å². The number of H-pyrrole nitrogens is 1. The summed E-state index contributed by atoms with van der Waals surface area (Å²) >= 11 is 5.93. The molecule has 188 valence electrons. The molecule has 0 spiro atoms. The summed E-state index contributed by atoms with van der Waals surface area (Å²) in [6, 6.07) is 9.88. The van der Waals surface area contributed by atoms with E-state index >= 15 is 0 Å². The largest absolute Gasteiger partial charge is 0.350 e. The van der Waals surface area contributed by atoms with Crippen molar-refractivity contribution in [3.63, 3.8) is 0 Å². The number of amides is 3. The van der Waals surface area contributed by atoms with Crippen molar-refractivity contribution in [3.05, 3.63) is 76.6 Å². The summed E-state index contributed by atoms with van der Waals surface area (Å²) in [5, 5.41) is 8.25. The summed E-state index contributed by atoms with van der Waals surface area (Å²) in [7, 11) is 0. The third kappa shape index (κ3) is 6.07. The summed E-state index contributed by atoms with van der Waals surface area (Å²) in [4.78, 5) is 46.9. The van der Waals surface area contributed by atoms with Crippen LogP contribution in [0.2, 0.25) is 5.02 Å². The fourth-order valence-corrected chi connectivity index (χ4v) is 4.28. The number of rotatable bonds is 8. The Labute approximate surface area is 212 Å². The van der Waals surface area contributed by atoms with Crippen molar-refractivity contribution in [2.75, 3.05) is 36.8 Å². The SMILES string of the molecule is CCN1CCC(CNC(=O)c2nc[nH]c2C(=O)Nc2ccc(NC(=O)c3ccc(F)cc3Cl)cc2)C1. The summed E-state index contributed by atoms with van der Waals surface area (Å²) in [5.74, 6) is -1.58. The van der Waals surface area contributed by atoms with Crippen LogP contribution in [0.1, 0.15) is 44.7 Å². The van der Waals surface area contributed by atoms with Gasteiger partial charge in [0.2, 0.25) is 0 Å². The average molecular weight is 513 g/mol. The number of benzene rings is 2. The number of halogens is 2. The predicted octanol–water partition coefficient (Wildman–Crippen LogP) is 3.78. The number of carbonyl (C=O) groups excluding carboxylic acids is 3. The number of hydrogen-bond donors (Lipinski definition) is 4. The number of anilines is 2. The van der Waals surface area contributed by atoms with Crippen LogP contribution in [-0.4, -0.2) is 58.8 Å². The maximum atomic E-state index is 13.2. The minimum absolute atomic E-state index is 0.00181. The first-order valence-corrected chi connectivity index (χ1v) is 11.9. The predicted molar refractivity (Wildman–Crippen MR) is 135 cm³/mol. The fourth-order valence-electron chi connectivity index (χ4n) is 4.03. The second kappa shape index (κ2) is 11.3. The van der Waals surface area contributed by atoms with Crippen molar-refractivity contribution < 1.29 is 18.8 Å². The minimum Gasteiger partial charge on any atom is -0.350 e. The lowest BCUT2D eigenvalue weighted by Gasteiger charge is -2.13. The molecule has 1 saturated heterocycles. The third-order valence-corrected chi connectivity index (χ3v) is 6.34. The molecule has 2 aromatic carbocycles. The highest BCUT2D eigenvalue weighted by Gasteiger charge is 2.24. The van der Waals surface area contributed by atoms with Crippen molar-refractivity contribution in [2.24, 2.45) is 5.92 Å². The molecule has 1 aliphatic rings. The van der Waals surface area contributed by atoms with E-state index in [-0.39, 0.29) is 22.0 Å². The third-order valence-electron chi connectivity index (χ3n) is 6.03. The molecular weight excluding hydrogens is 487 g/mol. The van der Waals surface area contributed by atoms with E-state index < -0.39 is 23.5 Å². The van der Waals surface area contributed by atoms with Crippen LogP contribution in [0.5, 0.6) is 0 Å². The Bertz CT molecular complexity index is 1260. The number of nitrogens with one attached hydrogen (secondary N) is 4. The van der Waals surface area contributed by atoms with Crippen LogP contribution < -0.4 is 16.0 Å². The molecule has 1 aromatic heterocycles. The number of aromatic nitrogens is 2. The van der Waals surface area contributed by atoms with Gasteiger partial charge in [-0.1, -0.05) is 18.5 Å². The molecule has 4 N–H and O–H groups in total. The molecule has 36 heavy (non-hydrogen) atoms. The van der Waals surface area contributed by atoms with Gasteiger partial charge in [0.05, 0.1) is 16.9 Å². The smallest absolute Gasteiger partial charge is 0.274 e. The van der Waals surface area contributed by atoms with E-state index in [9.17, 15) is 18.8 Å². The topological polar surface area (TPSA) is 119 Å². The fraction of sp³-hybridized carbons (Fsp3) is 0.280. The lowest BCUT2D eigenvalue weighted by Crippen LogP contribution is -2.32. The van der Waals surface area contributed by atoms with Crippen molar-refractivity contribution in [2.45, 2.75) is 13.3 Å². The molecule has 0 saturated carbocycles. The Hall–Kier alpha value is -3.76. The Balaban J connectivity index is 1.33. The first-order valence-electron chi connectivity index (χ1n) is 11.6. The molecule has 4 rings (SSSR count). The van der Waals surface area contributed by atoms with E-state index in [1.54, 1.807) is 24.3 Å². The number of aromatic amines is 1. The Morgan fingerprint density at radius 1 is 1.08 bits per heavy atom. The molecule has 3 aromatic rings. The van der Waals surface area contributed by atoms with Crippen LogP contribution in [0.15, 0.2) is 48.8 Å². The number of likely N-dealkylation sites (tertiary alicyclic amines) is 1. The summed E-state index contributed by atoms with van der Waals surface area (Å²) in [6.45, 7) is 5.60. The van der Waals surface area contributed by atoms with Gasteiger partial charge >= 0.3 is 0 Å². The molecular formula is C25H26ClFN6O3. The zero-order valence-corrected chi connectivity index (χ0v) is 20.4. The molecule has 3 amide bonds. The highest BCUT2D eigenvalue weighted by Crippen LogP contribution is 2.21. The Kier molecular flexibility index (Phi) is 7.97. The monoisotopic (exact) mass is 512 g/mol. The Morgan fingerprint density at radius 2 is 1.78 bits per heavy atom.